The average Bonchev–Trinajstić information content (AvgIpc) is 2.64. The molecule has 1 aliphatic heterocycles. The van der Waals surface area contributed by atoms with Crippen LogP contribution in [-0.4, -0.2) is 35.4 Å². The van der Waals surface area contributed by atoms with Crippen LogP contribution in [0.1, 0.15) is 24.2 Å². The molecule has 1 aromatic rings. The van der Waals surface area contributed by atoms with Crippen LogP contribution >= 0.6 is 11.8 Å². The van der Waals surface area contributed by atoms with Gasteiger partial charge in [0, 0.05) is 12.3 Å². The summed E-state index contributed by atoms with van der Waals surface area (Å²) >= 11 is 1.77. The molecule has 1 amide bonds. The molecule has 2 unspecified atom stereocenters. The van der Waals surface area contributed by atoms with Crippen molar-refractivity contribution in [2.45, 2.75) is 26.1 Å². The van der Waals surface area contributed by atoms with Crippen LogP contribution in [-0.2, 0) is 4.79 Å². The molecule has 4 heteroatoms. The molecule has 2 atom stereocenters. The van der Waals surface area contributed by atoms with Crippen molar-refractivity contribution in [1.82, 2.24) is 10.2 Å². The number of amides is 1. The lowest BCUT2D eigenvalue weighted by molar-refractivity contribution is -0.129. The minimum Gasteiger partial charge on any atom is -0.321 e. The Morgan fingerprint density at radius 3 is 2.89 bits per heavy atom. The quantitative estimate of drug-likeness (QED) is 0.904. The summed E-state index contributed by atoms with van der Waals surface area (Å²) in [6.45, 7) is 4.82. The van der Waals surface area contributed by atoms with Crippen molar-refractivity contribution in [2.24, 2.45) is 0 Å². The molecule has 0 bridgehead atoms. The van der Waals surface area contributed by atoms with Gasteiger partial charge in [0.1, 0.15) is 6.17 Å². The van der Waals surface area contributed by atoms with Crippen LogP contribution in [0, 0.1) is 6.92 Å². The second kappa shape index (κ2) is 5.76. The Labute approximate surface area is 113 Å². The molecule has 1 aliphatic rings. The van der Waals surface area contributed by atoms with E-state index in [1.165, 1.54) is 11.1 Å². The van der Waals surface area contributed by atoms with Crippen LogP contribution in [0.4, 0.5) is 0 Å². The highest BCUT2D eigenvalue weighted by Gasteiger charge is 2.36. The Morgan fingerprint density at radius 1 is 1.44 bits per heavy atom. The van der Waals surface area contributed by atoms with Crippen molar-refractivity contribution in [1.29, 1.82) is 0 Å². The van der Waals surface area contributed by atoms with Gasteiger partial charge in [-0.05, 0) is 25.7 Å². The maximum Gasteiger partial charge on any atom is 0.241 e. The summed E-state index contributed by atoms with van der Waals surface area (Å²) in [5.74, 6) is 1.18. The van der Waals surface area contributed by atoms with E-state index in [1.807, 2.05) is 17.9 Å². The first-order chi connectivity index (χ1) is 8.63. The van der Waals surface area contributed by atoms with Crippen LogP contribution in [0.3, 0.4) is 0 Å². The summed E-state index contributed by atoms with van der Waals surface area (Å²) in [5, 5.41) is 3.37. The van der Waals surface area contributed by atoms with E-state index in [-0.39, 0.29) is 18.1 Å². The molecule has 1 saturated heterocycles. The first kappa shape index (κ1) is 13.4. The summed E-state index contributed by atoms with van der Waals surface area (Å²) in [5.41, 5.74) is 2.40. The molecule has 0 saturated carbocycles. The number of carbonyl (C=O) groups excluding carboxylic acids is 1. The summed E-state index contributed by atoms with van der Waals surface area (Å²) in [7, 11) is 0. The zero-order chi connectivity index (χ0) is 13.1. The summed E-state index contributed by atoms with van der Waals surface area (Å²) in [4.78, 5) is 14.1. The molecular formula is C14H20N2OS. The number of hydrogen-bond donors (Lipinski definition) is 1. The smallest absolute Gasteiger partial charge is 0.241 e. The van der Waals surface area contributed by atoms with Gasteiger partial charge in [0.15, 0.2) is 0 Å². The normalized spacial score (nSPS) is 23.7. The molecule has 18 heavy (non-hydrogen) atoms. The number of hydrogen-bond acceptors (Lipinski definition) is 3. The highest BCUT2D eigenvalue weighted by atomic mass is 32.2. The fourth-order valence-corrected chi connectivity index (χ4v) is 2.70. The van der Waals surface area contributed by atoms with Crippen molar-refractivity contribution in [3.05, 3.63) is 35.4 Å². The first-order valence-corrected chi connectivity index (χ1v) is 7.65. The lowest BCUT2D eigenvalue weighted by Gasteiger charge is -2.24. The van der Waals surface area contributed by atoms with Gasteiger partial charge in [-0.1, -0.05) is 29.8 Å². The second-order valence-corrected chi connectivity index (χ2v) is 5.72. The molecule has 3 nitrogen and oxygen atoms in total. The van der Waals surface area contributed by atoms with Crippen LogP contribution in [0.5, 0.6) is 0 Å². The molecule has 0 radical (unpaired) electrons. The molecule has 1 fully saturated rings. The fourth-order valence-electron chi connectivity index (χ4n) is 2.32. The van der Waals surface area contributed by atoms with Gasteiger partial charge in [0.05, 0.1) is 6.04 Å². The lowest BCUT2D eigenvalue weighted by Crippen LogP contribution is -2.32. The van der Waals surface area contributed by atoms with Gasteiger partial charge < -0.3 is 4.90 Å². The van der Waals surface area contributed by atoms with Crippen LogP contribution in [0.15, 0.2) is 24.3 Å². The second-order valence-electron chi connectivity index (χ2n) is 4.73. The molecule has 2 rings (SSSR count). The van der Waals surface area contributed by atoms with Crippen LogP contribution in [0.2, 0.25) is 0 Å². The zero-order valence-electron chi connectivity index (χ0n) is 11.1. The molecule has 1 heterocycles. The summed E-state index contributed by atoms with van der Waals surface area (Å²) in [6, 6.07) is 8.27. The van der Waals surface area contributed by atoms with Gasteiger partial charge in [-0.15, -0.1) is 0 Å². The zero-order valence-corrected chi connectivity index (χ0v) is 12.0. The fraction of sp³-hybridized carbons (Fsp3) is 0.500. The van der Waals surface area contributed by atoms with Gasteiger partial charge in [0.2, 0.25) is 5.91 Å². The first-order valence-electron chi connectivity index (χ1n) is 6.25. The van der Waals surface area contributed by atoms with Crippen LogP contribution in [0.25, 0.3) is 0 Å². The standard InChI is InChI=1S/C14H20N2OS/c1-10-5-4-6-12(9-10)13-15-11(2)14(17)16(13)7-8-18-3/h4-6,9,11,13,15H,7-8H2,1-3H3. The number of rotatable bonds is 4. The topological polar surface area (TPSA) is 32.3 Å². The SMILES string of the molecule is CSCCN1C(=O)C(C)NC1c1cccc(C)c1. The van der Waals surface area contributed by atoms with Crippen molar-refractivity contribution >= 4 is 17.7 Å². The van der Waals surface area contributed by atoms with Crippen LogP contribution < -0.4 is 5.32 Å². The molecule has 98 valence electrons. The Hall–Kier alpha value is -1.00. The van der Waals surface area contributed by atoms with E-state index in [1.54, 1.807) is 11.8 Å². The van der Waals surface area contributed by atoms with E-state index in [4.69, 9.17) is 0 Å². The van der Waals surface area contributed by atoms with E-state index in [0.717, 1.165) is 12.3 Å². The minimum atomic E-state index is -0.0858. The minimum absolute atomic E-state index is 0.0274. The molecule has 0 aromatic heterocycles. The third-order valence-corrected chi connectivity index (χ3v) is 3.86. The Kier molecular flexibility index (Phi) is 4.30. The molecule has 0 spiro atoms. The molecule has 0 aliphatic carbocycles. The van der Waals surface area contributed by atoms with Crippen molar-refractivity contribution in [2.75, 3.05) is 18.6 Å². The Bertz CT molecular complexity index is 436. The lowest BCUT2D eigenvalue weighted by atomic mass is 10.1. The van der Waals surface area contributed by atoms with E-state index in [9.17, 15) is 4.79 Å². The predicted molar refractivity (Wildman–Crippen MR) is 76.6 cm³/mol. The number of nitrogens with one attached hydrogen (secondary N) is 1. The largest absolute Gasteiger partial charge is 0.321 e. The van der Waals surface area contributed by atoms with Gasteiger partial charge >= 0.3 is 0 Å². The van der Waals surface area contributed by atoms with Gasteiger partial charge in [-0.25, -0.2) is 0 Å². The van der Waals surface area contributed by atoms with Gasteiger partial charge in [-0.2, -0.15) is 11.8 Å². The number of benzene rings is 1. The van der Waals surface area contributed by atoms with Gasteiger partial charge in [-0.3, -0.25) is 10.1 Å². The highest BCUT2D eigenvalue weighted by molar-refractivity contribution is 7.98. The third-order valence-electron chi connectivity index (χ3n) is 3.27. The number of thioether (sulfide) groups is 1. The van der Waals surface area contributed by atoms with Crippen molar-refractivity contribution in [3.8, 4) is 0 Å². The van der Waals surface area contributed by atoms with E-state index in [2.05, 4.69) is 36.7 Å². The number of aryl methyl sites for hydroxylation is 1. The molecule has 1 N–H and O–H groups in total. The monoisotopic (exact) mass is 264 g/mol. The molecule has 1 aromatic carbocycles. The molecular weight excluding hydrogens is 244 g/mol. The van der Waals surface area contributed by atoms with E-state index >= 15 is 0 Å². The third kappa shape index (κ3) is 2.70. The number of nitrogens with zero attached hydrogens (tertiary/aromatic N) is 1. The van der Waals surface area contributed by atoms with Crippen molar-refractivity contribution < 1.29 is 4.79 Å². The van der Waals surface area contributed by atoms with E-state index in [0.29, 0.717) is 0 Å². The predicted octanol–water partition coefficient (Wildman–Crippen LogP) is 2.18. The maximum atomic E-state index is 12.1. The highest BCUT2D eigenvalue weighted by Crippen LogP contribution is 2.25. The Balaban J connectivity index is 2.22. The van der Waals surface area contributed by atoms with Crippen molar-refractivity contribution in [3.63, 3.8) is 0 Å². The maximum absolute atomic E-state index is 12.1. The summed E-state index contributed by atoms with van der Waals surface area (Å²) < 4.78 is 0. The van der Waals surface area contributed by atoms with Gasteiger partial charge in [0.25, 0.3) is 0 Å². The average molecular weight is 264 g/mol. The number of carbonyl (C=O) groups is 1. The Morgan fingerprint density at radius 2 is 2.22 bits per heavy atom. The van der Waals surface area contributed by atoms with E-state index < -0.39 is 0 Å². The summed E-state index contributed by atoms with van der Waals surface area (Å²) in [6.07, 6.45) is 2.10.